The summed E-state index contributed by atoms with van der Waals surface area (Å²) >= 11 is 1.56. The molecule has 37 heavy (non-hydrogen) atoms. The minimum absolute atomic E-state index is 0.0630. The lowest BCUT2D eigenvalue weighted by Crippen LogP contribution is -2.28. The molecule has 2 heterocycles. The summed E-state index contributed by atoms with van der Waals surface area (Å²) in [6.07, 6.45) is 4.24. The molecule has 8 heteroatoms. The molecule has 1 amide bonds. The van der Waals surface area contributed by atoms with Crippen molar-refractivity contribution in [3.63, 3.8) is 0 Å². The predicted octanol–water partition coefficient (Wildman–Crippen LogP) is 5.36. The number of ether oxygens (including phenoxy) is 2. The first kappa shape index (κ1) is 26.4. The quantitative estimate of drug-likeness (QED) is 0.389. The number of aromatic nitrogens is 1. The highest BCUT2D eigenvalue weighted by Crippen LogP contribution is 2.37. The SMILES string of the molecule is COc1cccc(C(C)CC(=O)Cc2sc3c(c2C#N)CCC(COC(=O)NCc2ccccn2)C3)c1. The number of amides is 1. The molecule has 1 aliphatic rings. The Kier molecular flexibility index (Phi) is 8.91. The van der Waals surface area contributed by atoms with Gasteiger partial charge in [0.05, 0.1) is 31.5 Å². The van der Waals surface area contributed by atoms with Crippen molar-refractivity contribution >= 4 is 23.2 Å². The Morgan fingerprint density at radius 2 is 2.14 bits per heavy atom. The monoisotopic (exact) mass is 517 g/mol. The maximum absolute atomic E-state index is 12.9. The average Bonchev–Trinajstić information content (AvgIpc) is 3.27. The lowest BCUT2D eigenvalue weighted by atomic mass is 9.87. The van der Waals surface area contributed by atoms with Crippen molar-refractivity contribution in [2.24, 2.45) is 5.92 Å². The molecule has 0 bridgehead atoms. The van der Waals surface area contributed by atoms with E-state index in [2.05, 4.69) is 16.4 Å². The lowest BCUT2D eigenvalue weighted by Gasteiger charge is -2.22. The van der Waals surface area contributed by atoms with Crippen LogP contribution in [0.1, 0.15) is 57.8 Å². The van der Waals surface area contributed by atoms with Gasteiger partial charge in [-0.25, -0.2) is 4.79 Å². The number of thiophene rings is 1. The Morgan fingerprint density at radius 3 is 2.89 bits per heavy atom. The van der Waals surface area contributed by atoms with Crippen molar-refractivity contribution in [3.05, 3.63) is 80.8 Å². The summed E-state index contributed by atoms with van der Waals surface area (Å²) in [5, 5.41) is 12.6. The van der Waals surface area contributed by atoms with Crippen LogP contribution in [0.2, 0.25) is 0 Å². The Balaban J connectivity index is 1.31. The standard InChI is InChI=1S/C29H31N3O4S/c1-19(21-6-5-8-24(14-21)35-2)12-23(33)15-28-26(16-30)25-10-9-20(13-27(25)37-28)18-36-29(34)32-17-22-7-3-4-11-31-22/h3-8,11,14,19-20H,9-10,12-13,15,17-18H2,1-2H3,(H,32,34). The van der Waals surface area contributed by atoms with E-state index < -0.39 is 6.09 Å². The van der Waals surface area contributed by atoms with E-state index >= 15 is 0 Å². The van der Waals surface area contributed by atoms with Crippen molar-refractivity contribution in [1.82, 2.24) is 10.3 Å². The van der Waals surface area contributed by atoms with E-state index in [1.165, 1.54) is 0 Å². The number of pyridine rings is 1. The van der Waals surface area contributed by atoms with Crippen molar-refractivity contribution < 1.29 is 19.1 Å². The van der Waals surface area contributed by atoms with E-state index in [0.29, 0.717) is 25.1 Å². The van der Waals surface area contributed by atoms with Gasteiger partial charge in [0.1, 0.15) is 17.6 Å². The van der Waals surface area contributed by atoms with Gasteiger partial charge in [-0.2, -0.15) is 5.26 Å². The van der Waals surface area contributed by atoms with Gasteiger partial charge in [-0.3, -0.25) is 9.78 Å². The molecule has 0 spiro atoms. The lowest BCUT2D eigenvalue weighted by molar-refractivity contribution is -0.118. The van der Waals surface area contributed by atoms with Crippen LogP contribution >= 0.6 is 11.3 Å². The molecule has 3 aromatic rings. The van der Waals surface area contributed by atoms with E-state index in [-0.39, 0.29) is 24.0 Å². The van der Waals surface area contributed by atoms with E-state index in [1.807, 2.05) is 49.4 Å². The van der Waals surface area contributed by atoms with Crippen molar-refractivity contribution in [3.8, 4) is 11.8 Å². The van der Waals surface area contributed by atoms with Crippen LogP contribution < -0.4 is 10.1 Å². The van der Waals surface area contributed by atoms with E-state index in [4.69, 9.17) is 9.47 Å². The van der Waals surface area contributed by atoms with Gasteiger partial charge in [-0.15, -0.1) is 11.3 Å². The maximum atomic E-state index is 12.9. The zero-order valence-electron chi connectivity index (χ0n) is 21.2. The molecule has 1 N–H and O–H groups in total. The van der Waals surface area contributed by atoms with Crippen LogP contribution in [0.15, 0.2) is 48.7 Å². The molecule has 0 radical (unpaired) electrons. The molecule has 2 aromatic heterocycles. The molecule has 2 unspecified atom stereocenters. The summed E-state index contributed by atoms with van der Waals surface area (Å²) in [4.78, 5) is 31.2. The first-order valence-electron chi connectivity index (χ1n) is 12.5. The highest BCUT2D eigenvalue weighted by atomic mass is 32.1. The fourth-order valence-electron chi connectivity index (χ4n) is 4.68. The predicted molar refractivity (Wildman–Crippen MR) is 142 cm³/mol. The number of methoxy groups -OCH3 is 1. The number of nitrogens with zero attached hydrogens (tertiary/aromatic N) is 2. The van der Waals surface area contributed by atoms with Gasteiger partial charge in [-0.05, 0) is 66.5 Å². The summed E-state index contributed by atoms with van der Waals surface area (Å²) in [6.45, 7) is 2.67. The molecule has 4 rings (SSSR count). The van der Waals surface area contributed by atoms with Crippen LogP contribution in [0, 0.1) is 17.2 Å². The third-order valence-corrected chi connectivity index (χ3v) is 7.95. The van der Waals surface area contributed by atoms with Crippen molar-refractivity contribution in [2.45, 2.75) is 51.5 Å². The van der Waals surface area contributed by atoms with Gasteiger partial charge < -0.3 is 14.8 Å². The zero-order valence-corrected chi connectivity index (χ0v) is 22.0. The fourth-order valence-corrected chi connectivity index (χ4v) is 6.12. The Morgan fingerprint density at radius 1 is 1.27 bits per heavy atom. The number of nitriles is 1. The number of fused-ring (bicyclic) bond motifs is 1. The van der Waals surface area contributed by atoms with Crippen LogP contribution in [-0.2, 0) is 35.3 Å². The van der Waals surface area contributed by atoms with Crippen LogP contribution in [0.25, 0.3) is 0 Å². The molecule has 1 aliphatic carbocycles. The topological polar surface area (TPSA) is 101 Å². The fraction of sp³-hybridized carbons (Fsp3) is 0.379. The molecule has 7 nitrogen and oxygen atoms in total. The average molecular weight is 518 g/mol. The smallest absolute Gasteiger partial charge is 0.407 e. The molecule has 0 saturated carbocycles. The second kappa shape index (κ2) is 12.5. The zero-order chi connectivity index (χ0) is 26.2. The number of benzene rings is 1. The molecule has 1 aromatic carbocycles. The van der Waals surface area contributed by atoms with Crippen LogP contribution in [0.3, 0.4) is 0 Å². The number of hydrogen-bond acceptors (Lipinski definition) is 7. The summed E-state index contributed by atoms with van der Waals surface area (Å²) in [7, 11) is 1.63. The summed E-state index contributed by atoms with van der Waals surface area (Å²) in [5.41, 5.74) is 3.55. The Hall–Kier alpha value is -3.70. The molecule has 0 aliphatic heterocycles. The van der Waals surface area contributed by atoms with Gasteiger partial charge in [0.25, 0.3) is 0 Å². The molecule has 0 fully saturated rings. The molecular weight excluding hydrogens is 486 g/mol. The normalized spacial score (nSPS) is 15.2. The second-order valence-electron chi connectivity index (χ2n) is 9.39. The number of Topliss-reactive ketones (excluding diaryl/α,β-unsaturated/α-hetero) is 1. The second-order valence-corrected chi connectivity index (χ2v) is 10.6. The summed E-state index contributed by atoms with van der Waals surface area (Å²) in [5.74, 6) is 1.15. The first-order chi connectivity index (χ1) is 18.0. The number of hydrogen-bond donors (Lipinski definition) is 1. The van der Waals surface area contributed by atoms with Crippen LogP contribution in [0.5, 0.6) is 5.75 Å². The Labute approximate surface area is 221 Å². The number of rotatable bonds is 10. The first-order valence-corrected chi connectivity index (χ1v) is 13.3. The minimum atomic E-state index is -0.461. The van der Waals surface area contributed by atoms with Crippen LogP contribution in [0.4, 0.5) is 4.79 Å². The number of nitrogens with one attached hydrogen (secondary N) is 1. The summed E-state index contributed by atoms with van der Waals surface area (Å²) in [6, 6.07) is 15.7. The molecule has 2 atom stereocenters. The van der Waals surface area contributed by atoms with Gasteiger partial charge in [0.15, 0.2) is 0 Å². The molecule has 192 valence electrons. The van der Waals surface area contributed by atoms with Crippen LogP contribution in [-0.4, -0.2) is 30.6 Å². The van der Waals surface area contributed by atoms with E-state index in [9.17, 15) is 14.9 Å². The maximum Gasteiger partial charge on any atom is 0.407 e. The highest BCUT2D eigenvalue weighted by Gasteiger charge is 2.27. The summed E-state index contributed by atoms with van der Waals surface area (Å²) < 4.78 is 10.7. The third kappa shape index (κ3) is 6.95. The number of alkyl carbamates (subject to hydrolysis) is 1. The van der Waals surface area contributed by atoms with Gasteiger partial charge >= 0.3 is 6.09 Å². The van der Waals surface area contributed by atoms with E-state index in [0.717, 1.165) is 51.6 Å². The largest absolute Gasteiger partial charge is 0.497 e. The number of carbonyl (C=O) groups excluding carboxylic acids is 2. The Bertz CT molecular complexity index is 1280. The minimum Gasteiger partial charge on any atom is -0.497 e. The van der Waals surface area contributed by atoms with Crippen molar-refractivity contribution in [2.75, 3.05) is 13.7 Å². The number of ketones is 1. The highest BCUT2D eigenvalue weighted by molar-refractivity contribution is 7.12. The van der Waals surface area contributed by atoms with E-state index in [1.54, 1.807) is 24.6 Å². The third-order valence-electron chi connectivity index (χ3n) is 6.70. The van der Waals surface area contributed by atoms with Crippen molar-refractivity contribution in [1.29, 1.82) is 5.26 Å². The molecular formula is C29H31N3O4S. The van der Waals surface area contributed by atoms with Gasteiger partial charge in [0.2, 0.25) is 0 Å². The molecule has 0 saturated heterocycles. The number of carbonyl (C=O) groups is 2. The van der Waals surface area contributed by atoms with Gasteiger partial charge in [-0.1, -0.05) is 25.1 Å². The van der Waals surface area contributed by atoms with Gasteiger partial charge in [0, 0.05) is 28.8 Å².